The van der Waals surface area contributed by atoms with Crippen LogP contribution in [0.3, 0.4) is 0 Å². The molecule has 0 bridgehead atoms. The van der Waals surface area contributed by atoms with Crippen molar-refractivity contribution in [3.05, 3.63) is 13.2 Å². The first-order chi connectivity index (χ1) is 44.5. The minimum absolute atomic E-state index is 0. The van der Waals surface area contributed by atoms with Crippen LogP contribution in [0.15, 0.2) is 0 Å². The van der Waals surface area contributed by atoms with E-state index in [9.17, 15) is 75.0 Å². The van der Waals surface area contributed by atoms with Crippen molar-refractivity contribution < 1.29 is 229 Å². The van der Waals surface area contributed by atoms with E-state index in [4.69, 9.17) is 151 Å². The second-order valence-electron chi connectivity index (χ2n) is 24.3. The number of aliphatic hydroxyl groups is 9. The Hall–Kier alpha value is 4.57. The number of ether oxygens (including phenoxy) is 8. The fraction of sp³-hybridized carbons (Fsp3) is 0.959. The molecule has 0 spiro atoms. The van der Waals surface area contributed by atoms with Gasteiger partial charge in [-0.2, -0.15) is 13.2 Å². The van der Waals surface area contributed by atoms with Crippen LogP contribution in [0.5, 0.6) is 0 Å². The number of rotatable bonds is 32. The first-order valence-corrected chi connectivity index (χ1v) is 46.0. The van der Waals surface area contributed by atoms with Crippen LogP contribution in [0.1, 0.15) is 62.3 Å². The van der Waals surface area contributed by atoms with Crippen LogP contribution in [-0.4, -0.2) is 288 Å². The Bertz CT molecular complexity index is 2640. The smallest absolute Gasteiger partial charge is 0.386 e. The van der Waals surface area contributed by atoms with E-state index in [1.54, 1.807) is 20.8 Å². The third kappa shape index (κ3) is 25.8. The van der Waals surface area contributed by atoms with E-state index in [0.29, 0.717) is 0 Å². The van der Waals surface area contributed by atoms with Crippen molar-refractivity contribution in [2.45, 2.75) is 227 Å². The normalized spacial score (nSPS) is 44.7. The van der Waals surface area contributed by atoms with E-state index < -0.39 is 213 Å². The van der Waals surface area contributed by atoms with E-state index in [0.717, 1.165) is 13.2 Å². The summed E-state index contributed by atoms with van der Waals surface area (Å²) in [4.78, 5) is 53.7. The van der Waals surface area contributed by atoms with E-state index >= 15 is 0 Å². The predicted octanol–water partition coefficient (Wildman–Crippen LogP) is -0.230. The van der Waals surface area contributed by atoms with Gasteiger partial charge in [0.1, 0.15) is 91.6 Å². The molecule has 36 atom stereocenters. The third-order valence-electron chi connectivity index (χ3n) is 17.3. The zero-order chi connectivity index (χ0) is 71.5. The molecule has 8 saturated heterocycles. The van der Waals surface area contributed by atoms with Crippen molar-refractivity contribution in [2.75, 3.05) is 52.9 Å². The molecule has 0 aromatic heterocycles. The van der Waals surface area contributed by atoms with Gasteiger partial charge in [0.05, 0.1) is 114 Å². The van der Waals surface area contributed by atoms with E-state index in [-0.39, 0.29) is 125 Å². The van der Waals surface area contributed by atoms with Gasteiger partial charge < -0.3 is 140 Å². The maximum Gasteiger partial charge on any atom is 0.386 e. The maximum absolute atomic E-state index is 13.5. The molecule has 0 aromatic carbocycles. The van der Waals surface area contributed by atoms with Crippen LogP contribution in [0.4, 0.5) is 0 Å². The zero-order valence-electron chi connectivity index (χ0n) is 54.1. The van der Waals surface area contributed by atoms with Gasteiger partial charge in [-0.1, -0.05) is 33.0 Å². The van der Waals surface area contributed by atoms with Gasteiger partial charge in [0.15, 0.2) is 0 Å². The van der Waals surface area contributed by atoms with Gasteiger partial charge in [-0.25, -0.2) is 4.57 Å². The molecule has 572 valence electrons. The summed E-state index contributed by atoms with van der Waals surface area (Å²) in [6, 6.07) is 0. The van der Waals surface area contributed by atoms with Crippen LogP contribution in [-0.2, 0) is 156 Å². The first-order valence-electron chi connectivity index (χ1n) is 30.3. The van der Waals surface area contributed by atoms with Gasteiger partial charge in [-0.05, 0) is 113 Å². The topological polar surface area (TPSA) is 485 Å². The molecule has 8 fully saturated rings. The van der Waals surface area contributed by atoms with Crippen LogP contribution in [0, 0.1) is 93.2 Å². The van der Waals surface area contributed by atoms with Crippen molar-refractivity contribution in [3.63, 3.8) is 0 Å². The van der Waals surface area contributed by atoms with Gasteiger partial charge in [-0.15, -0.1) is 0 Å². The quantitative estimate of drug-likeness (QED) is 0.0235. The molecule has 8 aliphatic heterocycles. The van der Waals surface area contributed by atoms with Crippen molar-refractivity contribution in [2.24, 2.45) is 17.8 Å². The molecule has 14 unspecified atom stereocenters. The molecular formula is C49H90O35P6S6U2-2. The van der Waals surface area contributed by atoms with Crippen molar-refractivity contribution >= 4 is 112 Å². The molecule has 8 aliphatic rings. The Morgan fingerprint density at radius 3 is 0.878 bits per heavy atom. The number of hydrogen-bond acceptors (Lipinski definition) is 35. The Kier molecular flexibility index (Phi) is 37.9. The van der Waals surface area contributed by atoms with Gasteiger partial charge in [0.2, 0.25) is 0 Å². The monoisotopic (exact) mass is 2090 g/mol. The molecule has 0 saturated carbocycles. The number of thiol groups is 1. The summed E-state index contributed by atoms with van der Waals surface area (Å²) in [6.45, 7) is -9.83. The second-order valence-corrected chi connectivity index (χ2v) is 41.1. The van der Waals surface area contributed by atoms with Crippen LogP contribution in [0.25, 0.3) is 0 Å². The molecule has 49 heteroatoms. The summed E-state index contributed by atoms with van der Waals surface area (Å²) in [5.41, 5.74) is 0. The third-order valence-corrected chi connectivity index (χ3v) is 26.7. The molecule has 35 nitrogen and oxygen atoms in total. The molecule has 14 N–H and O–H groups in total. The Balaban J connectivity index is 0.000000347. The summed E-state index contributed by atoms with van der Waals surface area (Å²) < 4.78 is 125. The minimum Gasteiger partial charge on any atom is -0.544 e. The zero-order valence-corrected chi connectivity index (χ0v) is 72.8. The summed E-state index contributed by atoms with van der Waals surface area (Å²) in [7, 11) is 0. The van der Waals surface area contributed by atoms with Gasteiger partial charge in [-0.3, -0.25) is 22.6 Å². The molecule has 8 heterocycles. The molecule has 0 aliphatic carbocycles. The van der Waals surface area contributed by atoms with E-state index in [1.165, 1.54) is 13.8 Å². The Labute approximate surface area is 646 Å². The molecule has 0 amide bonds. The van der Waals surface area contributed by atoms with Crippen molar-refractivity contribution in [3.8, 4) is 0 Å². The molecular weight excluding hydrogens is 2000 g/mol. The summed E-state index contributed by atoms with van der Waals surface area (Å²) in [5.74, 6) is -0.738. The average molecular weight is 2090 g/mol. The van der Waals surface area contributed by atoms with E-state index in [2.05, 4.69) is 12.2 Å². The molecule has 0 aromatic rings. The Morgan fingerprint density at radius 1 is 0.347 bits per heavy atom. The summed E-state index contributed by atoms with van der Waals surface area (Å²) in [5, 5.41) is 89.8. The fourth-order valence-corrected chi connectivity index (χ4v) is 20.2. The number of aliphatic hydroxyl groups excluding tert-OH is 9. The average Bonchev–Trinajstić information content (AvgIpc) is 1.66. The first kappa shape index (κ1) is 93.2. The maximum atomic E-state index is 13.5. The van der Waals surface area contributed by atoms with Gasteiger partial charge in [0.25, 0.3) is 0 Å². The Morgan fingerprint density at radius 2 is 0.571 bits per heavy atom. The van der Waals surface area contributed by atoms with Gasteiger partial charge >= 0.3 is 40.4 Å². The van der Waals surface area contributed by atoms with Crippen molar-refractivity contribution in [1.29, 1.82) is 0 Å². The van der Waals surface area contributed by atoms with Crippen LogP contribution < -0.4 is 0 Å². The minimum atomic E-state index is -4.22. The SMILES string of the molecule is CC1[C@H](C)O[C@H](COP(O)(=S)O[C@@H]2C(C)[C@H](C)O[C@@H]2CO)[C@@H]1OP(=O)(S)OC[C@H]1O[C@@H](C)C(C)[C@H]1OP(O)(=S)OC[C@H]1O[CH-]C(O)[C@H]1O.C[C@@H]1O[C@H](CO)[C@H](OP(O)(=S)OC[C@H]2O[C@@H](C)C(O)[C@H]2OP(O)(=S)OC[C@H]2O[C@@H](C)C(O)[C@H]2OP(O)(=S)OC[C@H]2O[CH-]C(O)[C@H]2O)C1O.[U].[U]. The predicted molar refractivity (Wildman–Crippen MR) is 352 cm³/mol. The van der Waals surface area contributed by atoms with Crippen LogP contribution >= 0.6 is 52.6 Å². The van der Waals surface area contributed by atoms with Crippen molar-refractivity contribution in [1.82, 2.24) is 0 Å². The van der Waals surface area contributed by atoms with E-state index in [1.807, 2.05) is 27.7 Å². The van der Waals surface area contributed by atoms with Crippen LogP contribution in [0.2, 0.25) is 0 Å². The van der Waals surface area contributed by atoms with Gasteiger partial charge in [0, 0.05) is 80.0 Å². The largest absolute Gasteiger partial charge is 0.544 e. The molecule has 0 radical (unpaired) electrons. The summed E-state index contributed by atoms with van der Waals surface area (Å²) >= 11 is 29.9. The number of hydrogen-bond donors (Lipinski definition) is 15. The molecule has 98 heavy (non-hydrogen) atoms. The fourth-order valence-electron chi connectivity index (χ4n) is 11.2. The standard InChI is InChI=1S/C26H48O16P3S3.C23H42O19P3S3.2U/c1-12-15(4)37-19(7-27)24(12)40-44(31,47)35-10-21-26(14(3)17(6)38-21)42-45(32,48)36-11-22-25(13(2)16(5)39-22)41-43(30,46)34-9-20-23(29)18(28)8-33-20;1-9-17(26)21(13(4-24)37-9)40-44(31,47)35-7-15-23(19(28)11(3)38-15)42-45(32,48)36-8-16-22(18(27)10(2)39-16)41-43(30,46)34-6-14-20(29)12(25)5-33-14;;/h8,12-29H,7,9-11H2,1-6H3,(H,30,46)(H,31,47)(H,32,48);5,9-29H,4,6-8H2,1-3H3,(H,30,46)(H,31,47)(H,32,48);;/q2*-1;;/t12?,13?,14?,15-,16-,17-,18?,19+,20+,21+,22+,23+,24+,25+,26+,43?,44?,45?;9-,10-,11-,12?,13+,14+,15+,16+,17?,18?,19?,20+,21-,22-,23-,43?,44?,45?;;/m00../s1. The molecule has 8 rings (SSSR count). The second kappa shape index (κ2) is 39.8. The summed E-state index contributed by atoms with van der Waals surface area (Å²) in [6.07, 6.45) is -26.0.